The highest BCUT2D eigenvalue weighted by Gasteiger charge is 2.07. The van der Waals surface area contributed by atoms with Gasteiger partial charge in [0.05, 0.1) is 0 Å². The molecule has 0 aliphatic rings. The molecule has 6 nitrogen and oxygen atoms in total. The van der Waals surface area contributed by atoms with Gasteiger partial charge in [-0.25, -0.2) is 5.10 Å². The average Bonchev–Trinajstić information content (AvgIpc) is 2.91. The fourth-order valence-corrected chi connectivity index (χ4v) is 2.21. The number of nitrogens with zero attached hydrogens (tertiary/aromatic N) is 1. The predicted molar refractivity (Wildman–Crippen MR) is 79.2 cm³/mol. The maximum absolute atomic E-state index is 11.8. The van der Waals surface area contributed by atoms with Crippen LogP contribution in [0.5, 0.6) is 0 Å². The van der Waals surface area contributed by atoms with Gasteiger partial charge in [-0.1, -0.05) is 18.2 Å². The van der Waals surface area contributed by atoms with Crippen LogP contribution < -0.4 is 10.9 Å². The maximum Gasteiger partial charge on any atom is 0.271 e. The Morgan fingerprint density at radius 1 is 1.19 bits per heavy atom. The monoisotopic (exact) mass is 282 g/mol. The molecule has 0 atom stereocenters. The lowest BCUT2D eigenvalue weighted by Crippen LogP contribution is -2.27. The molecule has 0 bridgehead atoms. The van der Waals surface area contributed by atoms with Crippen molar-refractivity contribution in [1.29, 1.82) is 0 Å². The molecule has 0 spiro atoms. The van der Waals surface area contributed by atoms with Crippen molar-refractivity contribution in [2.75, 3.05) is 6.54 Å². The van der Waals surface area contributed by atoms with E-state index < -0.39 is 0 Å². The van der Waals surface area contributed by atoms with Crippen LogP contribution in [0.25, 0.3) is 10.9 Å². The number of H-pyrrole nitrogens is 2. The number of para-hydroxylation sites is 1. The zero-order valence-electron chi connectivity index (χ0n) is 11.2. The van der Waals surface area contributed by atoms with Crippen LogP contribution in [0.15, 0.2) is 47.4 Å². The third-order valence-corrected chi connectivity index (χ3v) is 3.27. The van der Waals surface area contributed by atoms with Gasteiger partial charge < -0.3 is 10.3 Å². The summed E-state index contributed by atoms with van der Waals surface area (Å²) in [6.07, 6.45) is 2.67. The number of rotatable bonds is 4. The summed E-state index contributed by atoms with van der Waals surface area (Å²) in [7, 11) is 0. The second kappa shape index (κ2) is 5.62. The molecule has 0 fully saturated rings. The van der Waals surface area contributed by atoms with Gasteiger partial charge in [-0.2, -0.15) is 5.10 Å². The highest BCUT2D eigenvalue weighted by molar-refractivity contribution is 5.92. The lowest BCUT2D eigenvalue weighted by Gasteiger charge is -2.03. The first-order chi connectivity index (χ1) is 10.2. The first-order valence-corrected chi connectivity index (χ1v) is 6.63. The van der Waals surface area contributed by atoms with E-state index in [2.05, 4.69) is 20.5 Å². The van der Waals surface area contributed by atoms with Crippen molar-refractivity contribution in [3.8, 4) is 0 Å². The standard InChI is InChI=1S/C15H14N4O2/c20-14-6-5-13(18-19-14)15(21)16-8-7-10-9-17-12-4-2-1-3-11(10)12/h1-6,9,17H,7-8H2,(H,16,21)(H,19,20). The van der Waals surface area contributed by atoms with Crippen molar-refractivity contribution in [1.82, 2.24) is 20.5 Å². The average molecular weight is 282 g/mol. The Balaban J connectivity index is 1.62. The zero-order valence-corrected chi connectivity index (χ0v) is 11.2. The van der Waals surface area contributed by atoms with Crippen LogP contribution in [0.2, 0.25) is 0 Å². The van der Waals surface area contributed by atoms with Crippen molar-refractivity contribution < 1.29 is 4.79 Å². The Kier molecular flexibility index (Phi) is 3.51. The summed E-state index contributed by atoms with van der Waals surface area (Å²) < 4.78 is 0. The summed E-state index contributed by atoms with van der Waals surface area (Å²) in [4.78, 5) is 25.9. The molecule has 0 unspecified atom stereocenters. The van der Waals surface area contributed by atoms with Crippen LogP contribution in [-0.2, 0) is 6.42 Å². The Morgan fingerprint density at radius 3 is 2.86 bits per heavy atom. The van der Waals surface area contributed by atoms with Gasteiger partial charge in [0.1, 0.15) is 5.69 Å². The second-order valence-corrected chi connectivity index (χ2v) is 4.67. The molecule has 1 amide bonds. The topological polar surface area (TPSA) is 90.6 Å². The molecular weight excluding hydrogens is 268 g/mol. The van der Waals surface area contributed by atoms with E-state index in [1.807, 2.05) is 30.5 Å². The van der Waals surface area contributed by atoms with Gasteiger partial charge in [0.25, 0.3) is 11.5 Å². The van der Waals surface area contributed by atoms with E-state index >= 15 is 0 Å². The van der Waals surface area contributed by atoms with Gasteiger partial charge in [-0.3, -0.25) is 9.59 Å². The van der Waals surface area contributed by atoms with E-state index in [9.17, 15) is 9.59 Å². The fourth-order valence-electron chi connectivity index (χ4n) is 2.21. The summed E-state index contributed by atoms with van der Waals surface area (Å²) in [5.41, 5.74) is 2.11. The second-order valence-electron chi connectivity index (χ2n) is 4.67. The summed E-state index contributed by atoms with van der Waals surface area (Å²) in [6, 6.07) is 10.7. The molecule has 2 heterocycles. The summed E-state index contributed by atoms with van der Waals surface area (Å²) in [5, 5.41) is 9.87. The van der Waals surface area contributed by atoms with Crippen LogP contribution in [0, 0.1) is 0 Å². The van der Waals surface area contributed by atoms with E-state index in [4.69, 9.17) is 0 Å². The maximum atomic E-state index is 11.8. The molecule has 21 heavy (non-hydrogen) atoms. The third-order valence-electron chi connectivity index (χ3n) is 3.27. The van der Waals surface area contributed by atoms with E-state index in [1.54, 1.807) is 0 Å². The summed E-state index contributed by atoms with van der Waals surface area (Å²) in [6.45, 7) is 0.501. The molecule has 3 N–H and O–H groups in total. The smallest absolute Gasteiger partial charge is 0.271 e. The molecular formula is C15H14N4O2. The number of carbonyl (C=O) groups is 1. The minimum atomic E-state index is -0.328. The number of fused-ring (bicyclic) bond motifs is 1. The number of hydrogen-bond donors (Lipinski definition) is 3. The van der Waals surface area contributed by atoms with E-state index in [0.717, 1.165) is 22.9 Å². The van der Waals surface area contributed by atoms with Crippen molar-refractivity contribution in [3.05, 3.63) is 64.2 Å². The van der Waals surface area contributed by atoms with Gasteiger partial charge in [0.2, 0.25) is 0 Å². The van der Waals surface area contributed by atoms with Crippen molar-refractivity contribution in [2.45, 2.75) is 6.42 Å². The van der Waals surface area contributed by atoms with Gasteiger partial charge in [-0.05, 0) is 24.1 Å². The van der Waals surface area contributed by atoms with Crippen LogP contribution in [0.1, 0.15) is 16.1 Å². The minimum absolute atomic E-state index is 0.202. The summed E-state index contributed by atoms with van der Waals surface area (Å²) in [5.74, 6) is -0.300. The first-order valence-electron chi connectivity index (χ1n) is 6.63. The van der Waals surface area contributed by atoms with Crippen molar-refractivity contribution in [2.24, 2.45) is 0 Å². The number of amides is 1. The van der Waals surface area contributed by atoms with Gasteiger partial charge in [0, 0.05) is 29.7 Å². The van der Waals surface area contributed by atoms with Crippen molar-refractivity contribution in [3.63, 3.8) is 0 Å². The Labute approximate surface area is 120 Å². The number of aromatic nitrogens is 3. The number of hydrogen-bond acceptors (Lipinski definition) is 3. The lowest BCUT2D eigenvalue weighted by molar-refractivity contribution is 0.0948. The molecule has 3 aromatic rings. The molecule has 0 saturated heterocycles. The summed E-state index contributed by atoms with van der Waals surface area (Å²) >= 11 is 0. The van der Waals surface area contributed by atoms with Crippen LogP contribution in [0.3, 0.4) is 0 Å². The first kappa shape index (κ1) is 13.1. The van der Waals surface area contributed by atoms with Crippen LogP contribution in [0.4, 0.5) is 0 Å². The van der Waals surface area contributed by atoms with Crippen molar-refractivity contribution >= 4 is 16.8 Å². The lowest BCUT2D eigenvalue weighted by atomic mass is 10.1. The number of carbonyl (C=O) groups excluding carboxylic acids is 1. The molecule has 0 saturated carbocycles. The third kappa shape index (κ3) is 2.84. The highest BCUT2D eigenvalue weighted by Crippen LogP contribution is 2.17. The Morgan fingerprint density at radius 2 is 2.05 bits per heavy atom. The van der Waals surface area contributed by atoms with Gasteiger partial charge >= 0.3 is 0 Å². The minimum Gasteiger partial charge on any atom is -0.361 e. The van der Waals surface area contributed by atoms with E-state index in [-0.39, 0.29) is 17.2 Å². The number of nitrogens with one attached hydrogen (secondary N) is 3. The predicted octanol–water partition coefficient (Wildman–Crippen LogP) is 1.22. The molecule has 1 aromatic carbocycles. The van der Waals surface area contributed by atoms with E-state index in [1.165, 1.54) is 12.1 Å². The molecule has 6 heteroatoms. The highest BCUT2D eigenvalue weighted by atomic mass is 16.2. The molecule has 0 aliphatic heterocycles. The molecule has 0 aliphatic carbocycles. The zero-order chi connectivity index (χ0) is 14.7. The van der Waals surface area contributed by atoms with E-state index in [0.29, 0.717) is 6.54 Å². The van der Waals surface area contributed by atoms with Crippen LogP contribution in [-0.4, -0.2) is 27.6 Å². The molecule has 0 radical (unpaired) electrons. The van der Waals surface area contributed by atoms with Gasteiger partial charge in [-0.15, -0.1) is 0 Å². The fraction of sp³-hybridized carbons (Fsp3) is 0.133. The number of benzene rings is 1. The SMILES string of the molecule is O=C(NCCc1c[nH]c2ccccc12)c1ccc(=O)[nH]n1. The van der Waals surface area contributed by atoms with Gasteiger partial charge in [0.15, 0.2) is 0 Å². The molecule has 3 rings (SSSR count). The quantitative estimate of drug-likeness (QED) is 0.672. The Bertz CT molecular complexity index is 814. The normalized spacial score (nSPS) is 10.7. The van der Waals surface area contributed by atoms with Crippen LogP contribution >= 0.6 is 0 Å². The number of aromatic amines is 2. The molecule has 2 aromatic heterocycles. The molecule has 106 valence electrons. The Hall–Kier alpha value is -2.89. The largest absolute Gasteiger partial charge is 0.361 e.